The Morgan fingerprint density at radius 3 is 2.60 bits per heavy atom. The summed E-state index contributed by atoms with van der Waals surface area (Å²) in [5.41, 5.74) is 0.361. The van der Waals surface area contributed by atoms with Gasteiger partial charge in [-0.05, 0) is 29.9 Å². The lowest BCUT2D eigenvalue weighted by Gasteiger charge is -2.26. The lowest BCUT2D eigenvalue weighted by Crippen LogP contribution is -2.37. The second-order valence-electron chi connectivity index (χ2n) is 5.53. The Kier molecular flexibility index (Phi) is 5.13. The van der Waals surface area contributed by atoms with Crippen molar-refractivity contribution in [3.05, 3.63) is 35.4 Å². The summed E-state index contributed by atoms with van der Waals surface area (Å²) in [6.07, 6.45) is 4.53. The van der Waals surface area contributed by atoms with Crippen LogP contribution in [0.4, 0.5) is 8.78 Å². The summed E-state index contributed by atoms with van der Waals surface area (Å²) in [6, 6.07) is 3.29. The molecule has 0 spiro atoms. The van der Waals surface area contributed by atoms with E-state index in [9.17, 15) is 13.6 Å². The van der Waals surface area contributed by atoms with E-state index in [1.54, 1.807) is 0 Å². The van der Waals surface area contributed by atoms with E-state index in [4.69, 9.17) is 0 Å². The second kappa shape index (κ2) is 6.66. The monoisotopic (exact) mass is 345 g/mol. The molecule has 20 heavy (non-hydrogen) atoms. The van der Waals surface area contributed by atoms with Gasteiger partial charge in [-0.3, -0.25) is 4.79 Å². The molecule has 1 saturated carbocycles. The van der Waals surface area contributed by atoms with Crippen LogP contribution in [0.2, 0.25) is 0 Å². The molecule has 0 heterocycles. The molecular weight excluding hydrogens is 328 g/mol. The topological polar surface area (TPSA) is 29.1 Å². The van der Waals surface area contributed by atoms with Crippen molar-refractivity contribution in [2.75, 3.05) is 11.9 Å². The number of carbonyl (C=O) groups excluding carboxylic acids is 1. The summed E-state index contributed by atoms with van der Waals surface area (Å²) in [4.78, 5) is 11.9. The number of hydrogen-bond donors (Lipinski definition) is 1. The van der Waals surface area contributed by atoms with Gasteiger partial charge in [0.05, 0.1) is 6.42 Å². The average molecular weight is 346 g/mol. The minimum atomic E-state index is -0.670. The number of nitrogens with one attached hydrogen (secondary N) is 1. The summed E-state index contributed by atoms with van der Waals surface area (Å²) in [6.45, 7) is 0.611. The Morgan fingerprint density at radius 1 is 1.30 bits per heavy atom. The van der Waals surface area contributed by atoms with Crippen LogP contribution in [0.5, 0.6) is 0 Å². The Balaban J connectivity index is 1.89. The van der Waals surface area contributed by atoms with Crippen molar-refractivity contribution in [3.63, 3.8) is 0 Å². The van der Waals surface area contributed by atoms with Crippen LogP contribution >= 0.6 is 15.9 Å². The van der Waals surface area contributed by atoms with E-state index in [0.717, 1.165) is 24.2 Å². The van der Waals surface area contributed by atoms with Gasteiger partial charge in [0, 0.05) is 17.9 Å². The maximum atomic E-state index is 13.5. The molecule has 1 amide bonds. The number of alkyl halides is 1. The minimum Gasteiger partial charge on any atom is -0.355 e. The minimum absolute atomic E-state index is 0.0511. The molecule has 5 heteroatoms. The number of rotatable bonds is 5. The van der Waals surface area contributed by atoms with E-state index in [-0.39, 0.29) is 23.3 Å². The standard InChI is InChI=1S/C15H18BrF2NO/c16-9-15(5-1-2-6-15)10-19-14(20)7-11-3-4-12(17)8-13(11)18/h3-4,8H,1-2,5-7,9-10H2,(H,19,20). The fraction of sp³-hybridized carbons (Fsp3) is 0.533. The molecule has 0 aromatic heterocycles. The molecule has 0 saturated heterocycles. The molecule has 1 fully saturated rings. The zero-order valence-corrected chi connectivity index (χ0v) is 12.8. The Morgan fingerprint density at radius 2 is 2.00 bits per heavy atom. The first kappa shape index (κ1) is 15.4. The first-order valence-corrected chi connectivity index (χ1v) is 7.93. The van der Waals surface area contributed by atoms with Crippen molar-refractivity contribution in [3.8, 4) is 0 Å². The molecule has 1 aromatic carbocycles. The van der Waals surface area contributed by atoms with Crippen LogP contribution in [0.3, 0.4) is 0 Å². The zero-order valence-electron chi connectivity index (χ0n) is 11.2. The van der Waals surface area contributed by atoms with Crippen molar-refractivity contribution in [1.29, 1.82) is 0 Å². The lowest BCUT2D eigenvalue weighted by atomic mass is 9.89. The highest BCUT2D eigenvalue weighted by Gasteiger charge is 2.32. The quantitative estimate of drug-likeness (QED) is 0.812. The summed E-state index contributed by atoms with van der Waals surface area (Å²) >= 11 is 3.52. The molecule has 0 unspecified atom stereocenters. The first-order valence-electron chi connectivity index (χ1n) is 6.81. The summed E-state index contributed by atoms with van der Waals surface area (Å²) < 4.78 is 26.3. The molecular formula is C15H18BrF2NO. The van der Waals surface area contributed by atoms with Crippen LogP contribution in [0.1, 0.15) is 31.2 Å². The SMILES string of the molecule is O=C(Cc1ccc(F)cc1F)NCC1(CBr)CCCC1. The van der Waals surface area contributed by atoms with Crippen LogP contribution in [-0.4, -0.2) is 17.8 Å². The lowest BCUT2D eigenvalue weighted by molar-refractivity contribution is -0.120. The van der Waals surface area contributed by atoms with E-state index < -0.39 is 11.6 Å². The van der Waals surface area contributed by atoms with Crippen molar-refractivity contribution >= 4 is 21.8 Å². The van der Waals surface area contributed by atoms with Crippen molar-refractivity contribution in [1.82, 2.24) is 5.32 Å². The second-order valence-corrected chi connectivity index (χ2v) is 6.09. The average Bonchev–Trinajstić information content (AvgIpc) is 2.89. The number of hydrogen-bond acceptors (Lipinski definition) is 1. The Bertz CT molecular complexity index is 487. The number of benzene rings is 1. The molecule has 2 nitrogen and oxygen atoms in total. The van der Waals surface area contributed by atoms with E-state index in [0.29, 0.717) is 6.54 Å². The van der Waals surface area contributed by atoms with E-state index in [2.05, 4.69) is 21.2 Å². The van der Waals surface area contributed by atoms with E-state index in [1.165, 1.54) is 25.0 Å². The van der Waals surface area contributed by atoms with Gasteiger partial charge in [0.25, 0.3) is 0 Å². The Labute approximate surface area is 126 Å². The molecule has 1 aromatic rings. The molecule has 0 atom stereocenters. The van der Waals surface area contributed by atoms with Gasteiger partial charge in [0.1, 0.15) is 11.6 Å². The van der Waals surface area contributed by atoms with Crippen LogP contribution in [0.25, 0.3) is 0 Å². The molecule has 1 aliphatic rings. The highest BCUT2D eigenvalue weighted by Crippen LogP contribution is 2.38. The summed E-state index contributed by atoms with van der Waals surface area (Å²) in [5.74, 6) is -1.52. The highest BCUT2D eigenvalue weighted by atomic mass is 79.9. The molecule has 110 valence electrons. The van der Waals surface area contributed by atoms with Gasteiger partial charge >= 0.3 is 0 Å². The molecule has 1 N–H and O–H groups in total. The van der Waals surface area contributed by atoms with E-state index in [1.807, 2.05) is 0 Å². The van der Waals surface area contributed by atoms with Crippen LogP contribution < -0.4 is 5.32 Å². The van der Waals surface area contributed by atoms with Gasteiger partial charge in [-0.2, -0.15) is 0 Å². The van der Waals surface area contributed by atoms with Crippen molar-refractivity contribution in [2.24, 2.45) is 5.41 Å². The molecule has 0 radical (unpaired) electrons. The molecule has 1 aliphatic carbocycles. The third kappa shape index (κ3) is 3.78. The number of amides is 1. The molecule has 0 aliphatic heterocycles. The van der Waals surface area contributed by atoms with Crippen LogP contribution in [-0.2, 0) is 11.2 Å². The number of carbonyl (C=O) groups is 1. The first-order chi connectivity index (χ1) is 9.54. The smallest absolute Gasteiger partial charge is 0.224 e. The maximum Gasteiger partial charge on any atom is 0.224 e. The fourth-order valence-corrected chi connectivity index (χ4v) is 3.43. The maximum absolute atomic E-state index is 13.5. The molecule has 0 bridgehead atoms. The predicted molar refractivity (Wildman–Crippen MR) is 77.8 cm³/mol. The summed E-state index contributed by atoms with van der Waals surface area (Å²) in [7, 11) is 0. The summed E-state index contributed by atoms with van der Waals surface area (Å²) in [5, 5.41) is 3.74. The van der Waals surface area contributed by atoms with Gasteiger partial charge in [-0.1, -0.05) is 34.8 Å². The van der Waals surface area contributed by atoms with Gasteiger partial charge in [0.15, 0.2) is 0 Å². The van der Waals surface area contributed by atoms with Crippen molar-refractivity contribution in [2.45, 2.75) is 32.1 Å². The highest BCUT2D eigenvalue weighted by molar-refractivity contribution is 9.09. The normalized spacial score (nSPS) is 17.1. The van der Waals surface area contributed by atoms with Gasteiger partial charge in [-0.15, -0.1) is 0 Å². The van der Waals surface area contributed by atoms with Gasteiger partial charge in [-0.25, -0.2) is 8.78 Å². The molecule has 2 rings (SSSR count). The van der Waals surface area contributed by atoms with Gasteiger partial charge in [0.2, 0.25) is 5.91 Å². The van der Waals surface area contributed by atoms with Crippen molar-refractivity contribution < 1.29 is 13.6 Å². The fourth-order valence-electron chi connectivity index (χ4n) is 2.67. The Hall–Kier alpha value is -0.970. The van der Waals surface area contributed by atoms with Crippen LogP contribution in [0.15, 0.2) is 18.2 Å². The van der Waals surface area contributed by atoms with Gasteiger partial charge < -0.3 is 5.32 Å². The zero-order chi connectivity index (χ0) is 14.6. The van der Waals surface area contributed by atoms with Crippen LogP contribution in [0, 0.1) is 17.0 Å². The van der Waals surface area contributed by atoms with E-state index >= 15 is 0 Å². The largest absolute Gasteiger partial charge is 0.355 e. The predicted octanol–water partition coefficient (Wildman–Crippen LogP) is 3.58. The third-order valence-electron chi connectivity index (χ3n) is 3.97. The number of halogens is 3. The third-order valence-corrected chi connectivity index (χ3v) is 5.16.